The van der Waals surface area contributed by atoms with Crippen LogP contribution in [0.3, 0.4) is 0 Å². The highest BCUT2D eigenvalue weighted by molar-refractivity contribution is 6.12. The number of rotatable bonds is 5. The van der Waals surface area contributed by atoms with Crippen LogP contribution >= 0.6 is 0 Å². The van der Waals surface area contributed by atoms with E-state index in [-0.39, 0.29) is 12.1 Å². The summed E-state index contributed by atoms with van der Waals surface area (Å²) in [6.45, 7) is 2.14. The number of nitrogens with zero attached hydrogens (tertiary/aromatic N) is 1. The van der Waals surface area contributed by atoms with Crippen molar-refractivity contribution in [2.24, 2.45) is 0 Å². The van der Waals surface area contributed by atoms with E-state index in [9.17, 15) is 4.79 Å². The summed E-state index contributed by atoms with van der Waals surface area (Å²) >= 11 is 0. The van der Waals surface area contributed by atoms with Gasteiger partial charge in [0.25, 0.3) is 5.91 Å². The number of anilines is 2. The predicted octanol–water partition coefficient (Wildman–Crippen LogP) is 6.81. The van der Waals surface area contributed by atoms with Crippen LogP contribution in [0.25, 0.3) is 0 Å². The Labute approximate surface area is 188 Å². The molecule has 158 valence electrons. The summed E-state index contributed by atoms with van der Waals surface area (Å²) in [5.74, 6) is 1.47. The van der Waals surface area contributed by atoms with Crippen molar-refractivity contribution in [3.05, 3.63) is 120 Å². The highest BCUT2D eigenvalue weighted by atomic mass is 16.5. The molecule has 5 rings (SSSR count). The van der Waals surface area contributed by atoms with Gasteiger partial charge in [-0.1, -0.05) is 61.5 Å². The van der Waals surface area contributed by atoms with Crippen LogP contribution in [0.5, 0.6) is 11.5 Å². The zero-order chi connectivity index (χ0) is 21.9. The molecule has 0 saturated heterocycles. The van der Waals surface area contributed by atoms with E-state index in [2.05, 4.69) is 36.5 Å². The van der Waals surface area contributed by atoms with Gasteiger partial charge in [-0.05, 0) is 66.1 Å². The number of aryl methyl sites for hydroxylation is 1. The Balaban J connectivity index is 1.50. The first-order valence-electron chi connectivity index (χ1n) is 10.8. The quantitative estimate of drug-likeness (QED) is 0.385. The van der Waals surface area contributed by atoms with Gasteiger partial charge in [-0.2, -0.15) is 0 Å². The second kappa shape index (κ2) is 8.60. The summed E-state index contributed by atoms with van der Waals surface area (Å²) in [6, 6.07) is 33.4. The van der Waals surface area contributed by atoms with Crippen molar-refractivity contribution in [3.63, 3.8) is 0 Å². The van der Waals surface area contributed by atoms with Crippen LogP contribution in [0.4, 0.5) is 11.4 Å². The van der Waals surface area contributed by atoms with E-state index < -0.39 is 0 Å². The summed E-state index contributed by atoms with van der Waals surface area (Å²) in [7, 11) is 0. The largest absolute Gasteiger partial charge is 0.457 e. The van der Waals surface area contributed by atoms with Crippen molar-refractivity contribution in [2.75, 3.05) is 10.2 Å². The molecule has 1 atom stereocenters. The third-order valence-corrected chi connectivity index (χ3v) is 5.72. The first-order valence-corrected chi connectivity index (χ1v) is 10.8. The zero-order valence-electron chi connectivity index (χ0n) is 17.9. The van der Waals surface area contributed by atoms with Gasteiger partial charge in [0.05, 0.1) is 5.56 Å². The van der Waals surface area contributed by atoms with Crippen LogP contribution in [0.15, 0.2) is 103 Å². The number of hydrogen-bond acceptors (Lipinski definition) is 3. The van der Waals surface area contributed by atoms with Gasteiger partial charge in [-0.25, -0.2) is 0 Å². The summed E-state index contributed by atoms with van der Waals surface area (Å²) in [5.41, 5.74) is 4.63. The van der Waals surface area contributed by atoms with Crippen LogP contribution in [-0.2, 0) is 6.42 Å². The van der Waals surface area contributed by atoms with Crippen molar-refractivity contribution in [1.29, 1.82) is 0 Å². The maximum absolute atomic E-state index is 13.6. The Morgan fingerprint density at radius 3 is 2.16 bits per heavy atom. The Morgan fingerprint density at radius 1 is 0.781 bits per heavy atom. The van der Waals surface area contributed by atoms with E-state index in [1.807, 2.05) is 83.8 Å². The number of ether oxygens (including phenoxy) is 1. The highest BCUT2D eigenvalue weighted by Crippen LogP contribution is 2.37. The van der Waals surface area contributed by atoms with E-state index in [1.165, 1.54) is 5.56 Å². The molecular formula is C28H24N2O2. The van der Waals surface area contributed by atoms with Crippen LogP contribution in [-0.4, -0.2) is 5.91 Å². The molecule has 0 spiro atoms. The van der Waals surface area contributed by atoms with Crippen molar-refractivity contribution in [2.45, 2.75) is 19.5 Å². The second-order valence-electron chi connectivity index (χ2n) is 7.77. The summed E-state index contributed by atoms with van der Waals surface area (Å²) in [5, 5.41) is 3.56. The molecule has 4 aromatic rings. The topological polar surface area (TPSA) is 41.6 Å². The molecule has 0 fully saturated rings. The van der Waals surface area contributed by atoms with Crippen molar-refractivity contribution < 1.29 is 9.53 Å². The monoisotopic (exact) mass is 420 g/mol. The minimum atomic E-state index is -0.302. The molecule has 1 unspecified atom stereocenters. The van der Waals surface area contributed by atoms with Crippen molar-refractivity contribution >= 4 is 17.3 Å². The average Bonchev–Trinajstić information content (AvgIpc) is 2.85. The standard InChI is InChI=1S/C28H24N2O2/c1-2-20-12-14-21(15-13-20)27-29-26-11-7-6-10-25(26)28(31)30(27)22-16-18-24(19-17-22)32-23-8-4-3-5-9-23/h3-19,27,29H,2H2,1H3. The van der Waals surface area contributed by atoms with Crippen LogP contribution in [0.2, 0.25) is 0 Å². The summed E-state index contributed by atoms with van der Waals surface area (Å²) in [6.07, 6.45) is 0.677. The van der Waals surface area contributed by atoms with Gasteiger partial charge < -0.3 is 10.1 Å². The molecule has 0 aromatic heterocycles. The number of benzene rings is 4. The number of nitrogens with one attached hydrogen (secondary N) is 1. The maximum atomic E-state index is 13.6. The molecule has 0 radical (unpaired) electrons. The fraction of sp³-hybridized carbons (Fsp3) is 0.107. The SMILES string of the molecule is CCc1ccc(C2Nc3ccccc3C(=O)N2c2ccc(Oc3ccccc3)cc2)cc1. The first kappa shape index (κ1) is 19.9. The Morgan fingerprint density at radius 2 is 1.44 bits per heavy atom. The number of amides is 1. The Kier molecular flexibility index (Phi) is 5.34. The fourth-order valence-corrected chi connectivity index (χ4v) is 3.99. The van der Waals surface area contributed by atoms with E-state index in [1.54, 1.807) is 0 Å². The number of para-hydroxylation sites is 2. The van der Waals surface area contributed by atoms with Gasteiger partial charge in [0, 0.05) is 11.4 Å². The molecule has 4 nitrogen and oxygen atoms in total. The lowest BCUT2D eigenvalue weighted by atomic mass is 10.0. The van der Waals surface area contributed by atoms with E-state index in [0.717, 1.165) is 34.9 Å². The molecule has 4 aromatic carbocycles. The van der Waals surface area contributed by atoms with Gasteiger partial charge in [0.1, 0.15) is 17.7 Å². The number of fused-ring (bicyclic) bond motifs is 1. The minimum Gasteiger partial charge on any atom is -0.457 e. The molecule has 1 amide bonds. The molecule has 1 heterocycles. The minimum absolute atomic E-state index is 0.0272. The molecule has 0 saturated carbocycles. The lowest BCUT2D eigenvalue weighted by molar-refractivity contribution is 0.0975. The van der Waals surface area contributed by atoms with Crippen molar-refractivity contribution in [1.82, 2.24) is 0 Å². The first-order chi connectivity index (χ1) is 15.7. The van der Waals surface area contributed by atoms with Crippen LogP contribution in [0.1, 0.15) is 34.6 Å². The van der Waals surface area contributed by atoms with Crippen LogP contribution < -0.4 is 15.0 Å². The van der Waals surface area contributed by atoms with Gasteiger partial charge >= 0.3 is 0 Å². The third-order valence-electron chi connectivity index (χ3n) is 5.72. The molecule has 0 bridgehead atoms. The smallest absolute Gasteiger partial charge is 0.262 e. The zero-order valence-corrected chi connectivity index (χ0v) is 17.9. The third kappa shape index (κ3) is 3.83. The normalized spacial score (nSPS) is 15.1. The molecule has 1 N–H and O–H groups in total. The Hall–Kier alpha value is -4.05. The van der Waals surface area contributed by atoms with E-state index in [0.29, 0.717) is 5.56 Å². The van der Waals surface area contributed by atoms with Crippen molar-refractivity contribution in [3.8, 4) is 11.5 Å². The molecule has 32 heavy (non-hydrogen) atoms. The van der Waals surface area contributed by atoms with Gasteiger partial charge in [0.15, 0.2) is 0 Å². The number of hydrogen-bond donors (Lipinski definition) is 1. The highest BCUT2D eigenvalue weighted by Gasteiger charge is 2.33. The molecule has 1 aliphatic rings. The lowest BCUT2D eigenvalue weighted by Gasteiger charge is -2.38. The van der Waals surface area contributed by atoms with E-state index in [4.69, 9.17) is 4.74 Å². The fourth-order valence-electron chi connectivity index (χ4n) is 3.99. The summed E-state index contributed by atoms with van der Waals surface area (Å²) in [4.78, 5) is 15.4. The molecule has 4 heteroatoms. The molecule has 0 aliphatic carbocycles. The molecular weight excluding hydrogens is 396 g/mol. The average molecular weight is 421 g/mol. The maximum Gasteiger partial charge on any atom is 0.262 e. The number of carbonyl (C=O) groups is 1. The predicted molar refractivity (Wildman–Crippen MR) is 128 cm³/mol. The second-order valence-corrected chi connectivity index (χ2v) is 7.77. The van der Waals surface area contributed by atoms with Gasteiger partial charge in [-0.3, -0.25) is 9.69 Å². The Bertz CT molecular complexity index is 1220. The van der Waals surface area contributed by atoms with Crippen LogP contribution in [0, 0.1) is 0 Å². The molecule has 1 aliphatic heterocycles. The lowest BCUT2D eigenvalue weighted by Crippen LogP contribution is -2.43. The summed E-state index contributed by atoms with van der Waals surface area (Å²) < 4.78 is 5.92. The van der Waals surface area contributed by atoms with E-state index >= 15 is 0 Å². The van der Waals surface area contributed by atoms with Gasteiger partial charge in [0.2, 0.25) is 0 Å². The van der Waals surface area contributed by atoms with Gasteiger partial charge in [-0.15, -0.1) is 0 Å². The number of carbonyl (C=O) groups excluding carboxylic acids is 1.